The molecule has 3 aromatic heterocycles. The van der Waals surface area contributed by atoms with E-state index in [1.54, 1.807) is 26.2 Å². The van der Waals surface area contributed by atoms with E-state index in [0.717, 1.165) is 29.7 Å². The minimum Gasteiger partial charge on any atom is -0.459 e. The molecule has 0 saturated heterocycles. The van der Waals surface area contributed by atoms with E-state index in [2.05, 4.69) is 42.0 Å². The molecule has 0 spiro atoms. The number of hydrogen-bond acceptors (Lipinski definition) is 9. The van der Waals surface area contributed by atoms with Crippen molar-refractivity contribution < 1.29 is 14.3 Å². The maximum absolute atomic E-state index is 13.0. The molecule has 0 radical (unpaired) electrons. The second-order valence-electron chi connectivity index (χ2n) is 10.2. The number of ether oxygens (including phenoxy) is 1. The predicted octanol–water partition coefficient (Wildman–Crippen LogP) is 4.76. The minimum absolute atomic E-state index is 0.238. The Balaban J connectivity index is 1.76. The van der Waals surface area contributed by atoms with Gasteiger partial charge in [-0.3, -0.25) is 4.79 Å². The Morgan fingerprint density at radius 3 is 2.63 bits per heavy atom. The van der Waals surface area contributed by atoms with Gasteiger partial charge in [-0.25, -0.2) is 19.7 Å². The normalized spacial score (nSPS) is 11.1. The Morgan fingerprint density at radius 2 is 1.93 bits per heavy atom. The summed E-state index contributed by atoms with van der Waals surface area (Å²) in [5.74, 6) is -0.561. The topological polar surface area (TPSA) is 128 Å². The molecule has 0 fully saturated rings. The summed E-state index contributed by atoms with van der Waals surface area (Å²) in [6.07, 6.45) is 5.85. The van der Waals surface area contributed by atoms with E-state index in [1.165, 1.54) is 12.3 Å². The molecule has 0 saturated carbocycles. The molecule has 0 aliphatic heterocycles. The van der Waals surface area contributed by atoms with Gasteiger partial charge in [-0.15, -0.1) is 0 Å². The number of pyridine rings is 1. The van der Waals surface area contributed by atoms with Crippen LogP contribution in [0, 0.1) is 6.92 Å². The van der Waals surface area contributed by atoms with Crippen molar-refractivity contribution >= 4 is 45.9 Å². The van der Waals surface area contributed by atoms with Crippen LogP contribution >= 0.6 is 0 Å². The second-order valence-corrected chi connectivity index (χ2v) is 10.2. The fourth-order valence-electron chi connectivity index (χ4n) is 4.24. The van der Waals surface area contributed by atoms with E-state index in [1.807, 2.05) is 52.3 Å². The number of amides is 1. The number of H-pyrrole nitrogens is 1. The van der Waals surface area contributed by atoms with Crippen molar-refractivity contribution in [1.29, 1.82) is 0 Å². The van der Waals surface area contributed by atoms with Gasteiger partial charge in [-0.05, 0) is 70.8 Å². The number of likely N-dealkylation sites (N-methyl/N-ethyl adjacent to an activating group) is 2. The number of benzene rings is 1. The van der Waals surface area contributed by atoms with E-state index < -0.39 is 5.97 Å². The number of aromatic nitrogens is 4. The van der Waals surface area contributed by atoms with Crippen molar-refractivity contribution in [2.45, 2.75) is 26.9 Å². The third-order valence-corrected chi connectivity index (χ3v) is 6.38. The van der Waals surface area contributed by atoms with Gasteiger partial charge in [0.2, 0.25) is 11.9 Å². The van der Waals surface area contributed by atoms with Crippen LogP contribution in [0.15, 0.2) is 55.5 Å². The number of rotatable bonds is 11. The number of esters is 1. The monoisotopic (exact) mass is 556 g/mol. The molecule has 11 heteroatoms. The molecule has 4 aromatic rings. The lowest BCUT2D eigenvalue weighted by Crippen LogP contribution is -2.29. The maximum Gasteiger partial charge on any atom is 0.342 e. The van der Waals surface area contributed by atoms with Crippen LogP contribution in [0.4, 0.5) is 23.0 Å². The van der Waals surface area contributed by atoms with Gasteiger partial charge >= 0.3 is 5.97 Å². The molecule has 3 N–H and O–H groups in total. The van der Waals surface area contributed by atoms with Crippen molar-refractivity contribution in [3.63, 3.8) is 0 Å². The zero-order chi connectivity index (χ0) is 29.7. The van der Waals surface area contributed by atoms with Crippen LogP contribution in [0.3, 0.4) is 0 Å². The van der Waals surface area contributed by atoms with Crippen molar-refractivity contribution in [2.75, 3.05) is 49.8 Å². The minimum atomic E-state index is -0.518. The quantitative estimate of drug-likeness (QED) is 0.177. The smallest absolute Gasteiger partial charge is 0.342 e. The molecule has 0 aliphatic carbocycles. The molecule has 1 aromatic carbocycles. The first-order chi connectivity index (χ1) is 19.6. The summed E-state index contributed by atoms with van der Waals surface area (Å²) in [5, 5.41) is 7.00. The molecule has 0 aliphatic rings. The Labute approximate surface area is 239 Å². The number of fused-ring (bicyclic) bond motifs is 1. The van der Waals surface area contributed by atoms with E-state index in [-0.39, 0.29) is 23.5 Å². The van der Waals surface area contributed by atoms with E-state index in [9.17, 15) is 9.59 Å². The summed E-state index contributed by atoms with van der Waals surface area (Å²) in [6, 6.07) is 7.58. The predicted molar refractivity (Wildman–Crippen MR) is 163 cm³/mol. The molecule has 0 atom stereocenters. The Morgan fingerprint density at radius 1 is 1.15 bits per heavy atom. The molecule has 41 heavy (non-hydrogen) atoms. The van der Waals surface area contributed by atoms with Gasteiger partial charge in [0.25, 0.3) is 0 Å². The second kappa shape index (κ2) is 12.6. The number of nitrogens with zero attached hydrogens (tertiary/aromatic N) is 5. The highest BCUT2D eigenvalue weighted by Gasteiger charge is 2.22. The number of carbonyl (C=O) groups is 2. The number of anilines is 4. The zero-order valence-electron chi connectivity index (χ0n) is 24.3. The van der Waals surface area contributed by atoms with Crippen LogP contribution in [-0.4, -0.2) is 77.0 Å². The number of hydrogen-bond donors (Lipinski definition) is 3. The lowest BCUT2D eigenvalue weighted by Gasteiger charge is -2.25. The molecule has 0 bridgehead atoms. The number of aryl methyl sites for hydroxylation is 1. The number of nitrogens with one attached hydrogen (secondary N) is 3. The Kier molecular flexibility index (Phi) is 8.98. The molecule has 11 nitrogen and oxygen atoms in total. The van der Waals surface area contributed by atoms with Gasteiger partial charge < -0.3 is 30.2 Å². The van der Waals surface area contributed by atoms with Crippen LogP contribution in [-0.2, 0) is 9.53 Å². The first kappa shape index (κ1) is 29.2. The fourth-order valence-corrected chi connectivity index (χ4v) is 4.24. The van der Waals surface area contributed by atoms with Gasteiger partial charge in [0.05, 0.1) is 23.2 Å². The van der Waals surface area contributed by atoms with Crippen LogP contribution in [0.5, 0.6) is 0 Å². The third kappa shape index (κ3) is 6.87. The molecular formula is C30H36N8O3. The average Bonchev–Trinajstić information content (AvgIpc) is 3.37. The highest BCUT2D eigenvalue weighted by atomic mass is 16.5. The van der Waals surface area contributed by atoms with Crippen molar-refractivity contribution in [3.8, 4) is 11.3 Å². The summed E-state index contributed by atoms with van der Waals surface area (Å²) in [5.41, 5.74) is 5.10. The molecule has 0 unspecified atom stereocenters. The molecular weight excluding hydrogens is 520 g/mol. The maximum atomic E-state index is 13.0. The van der Waals surface area contributed by atoms with Gasteiger partial charge in [-0.2, -0.15) is 0 Å². The average molecular weight is 557 g/mol. The van der Waals surface area contributed by atoms with Crippen LogP contribution in [0.1, 0.15) is 29.8 Å². The van der Waals surface area contributed by atoms with Crippen molar-refractivity contribution in [1.82, 2.24) is 24.8 Å². The highest BCUT2D eigenvalue weighted by molar-refractivity contribution is 6.03. The van der Waals surface area contributed by atoms with Crippen LogP contribution < -0.4 is 15.5 Å². The first-order valence-electron chi connectivity index (χ1n) is 13.3. The van der Waals surface area contributed by atoms with Crippen LogP contribution in [0.2, 0.25) is 0 Å². The lowest BCUT2D eigenvalue weighted by molar-refractivity contribution is -0.111. The third-order valence-electron chi connectivity index (χ3n) is 6.38. The van der Waals surface area contributed by atoms with Crippen molar-refractivity contribution in [3.05, 3.63) is 66.6 Å². The summed E-state index contributed by atoms with van der Waals surface area (Å²) in [6.45, 7) is 10.7. The largest absolute Gasteiger partial charge is 0.459 e. The number of carbonyl (C=O) groups excluding carboxylic acids is 2. The Bertz CT molecular complexity index is 1580. The van der Waals surface area contributed by atoms with E-state index >= 15 is 0 Å². The summed E-state index contributed by atoms with van der Waals surface area (Å²) in [4.78, 5) is 46.2. The van der Waals surface area contributed by atoms with Gasteiger partial charge in [0.15, 0.2) is 0 Å². The first-order valence-corrected chi connectivity index (χ1v) is 13.3. The standard InChI is InChI=1S/C30H36N8O3/c1-8-26(39)34-24-15-23(19(4)14-25(24)38(7)13-12-37(5)6)35-30-33-17-22(29(40)41-18(2)3)27(36-30)21-16-32-28-20(21)10-9-11-31-28/h8-11,14-18H,1,12-13H2,2-7H3,(H,31,32)(H,34,39)(H,33,35,36). The molecule has 1 amide bonds. The Hall–Kier alpha value is -4.77. The summed E-state index contributed by atoms with van der Waals surface area (Å²) in [7, 11) is 6.01. The van der Waals surface area contributed by atoms with Crippen LogP contribution in [0.25, 0.3) is 22.3 Å². The van der Waals surface area contributed by atoms with E-state index in [0.29, 0.717) is 28.3 Å². The fraction of sp³-hybridized carbons (Fsp3) is 0.300. The van der Waals surface area contributed by atoms with E-state index in [4.69, 9.17) is 9.72 Å². The molecule has 4 rings (SSSR count). The molecule has 3 heterocycles. The number of aromatic amines is 1. The molecule has 214 valence electrons. The van der Waals surface area contributed by atoms with Gasteiger partial charge in [-0.1, -0.05) is 6.58 Å². The van der Waals surface area contributed by atoms with Crippen molar-refractivity contribution in [2.24, 2.45) is 0 Å². The lowest BCUT2D eigenvalue weighted by atomic mass is 10.1. The SMILES string of the molecule is C=CC(=O)Nc1cc(Nc2ncc(C(=O)OC(C)C)c(-c3c[nH]c4ncccc34)n2)c(C)cc1N(C)CCN(C)C. The zero-order valence-corrected chi connectivity index (χ0v) is 24.3. The van der Waals surface area contributed by atoms with Gasteiger partial charge in [0, 0.05) is 55.4 Å². The summed E-state index contributed by atoms with van der Waals surface area (Å²) < 4.78 is 5.48. The highest BCUT2D eigenvalue weighted by Crippen LogP contribution is 2.34. The summed E-state index contributed by atoms with van der Waals surface area (Å²) >= 11 is 0. The van der Waals surface area contributed by atoms with Gasteiger partial charge in [0.1, 0.15) is 11.2 Å².